The molecule has 1 aromatic carbocycles. The normalized spacial score (nSPS) is 19.1. The summed E-state index contributed by atoms with van der Waals surface area (Å²) in [5.74, 6) is 0.713. The third-order valence-corrected chi connectivity index (χ3v) is 4.36. The van der Waals surface area contributed by atoms with Crippen LogP contribution in [0, 0.1) is 0 Å². The van der Waals surface area contributed by atoms with Crippen LogP contribution in [0.4, 0.5) is 0 Å². The Morgan fingerprint density at radius 1 is 1.42 bits per heavy atom. The van der Waals surface area contributed by atoms with Crippen LogP contribution in [0.2, 0.25) is 0 Å². The number of fused-ring (bicyclic) bond motifs is 1. The number of benzene rings is 1. The van der Waals surface area contributed by atoms with Crippen LogP contribution in [0.3, 0.4) is 0 Å². The Bertz CT molecular complexity index is 552. The highest BCUT2D eigenvalue weighted by Gasteiger charge is 2.21. The smallest absolute Gasteiger partial charge is 0.175 e. The van der Waals surface area contributed by atoms with Crippen LogP contribution in [-0.2, 0) is 16.3 Å². The number of rotatable bonds is 4. The van der Waals surface area contributed by atoms with Crippen molar-refractivity contribution in [3.8, 4) is 5.75 Å². The standard InChI is InChI=1S/C14H21NO3S/c1-10(2)15-9-12-6-4-11-5-7-13(19(3,16)17)8-14(11)18-12/h5,7-8,10,12,15H,4,6,9H2,1-3H3. The number of ether oxygens (including phenoxy) is 1. The number of aryl methyl sites for hydroxylation is 1. The van der Waals surface area contributed by atoms with E-state index in [1.165, 1.54) is 6.26 Å². The van der Waals surface area contributed by atoms with Gasteiger partial charge in [-0.1, -0.05) is 19.9 Å². The summed E-state index contributed by atoms with van der Waals surface area (Å²) in [7, 11) is -3.18. The van der Waals surface area contributed by atoms with Gasteiger partial charge in [0.2, 0.25) is 0 Å². The van der Waals surface area contributed by atoms with Gasteiger partial charge in [-0.3, -0.25) is 0 Å². The molecule has 19 heavy (non-hydrogen) atoms. The lowest BCUT2D eigenvalue weighted by Crippen LogP contribution is -2.37. The van der Waals surface area contributed by atoms with E-state index in [0.717, 1.165) is 24.9 Å². The minimum atomic E-state index is -3.18. The van der Waals surface area contributed by atoms with E-state index in [2.05, 4.69) is 19.2 Å². The second-order valence-electron chi connectivity index (χ2n) is 5.38. The van der Waals surface area contributed by atoms with Gasteiger partial charge in [-0.15, -0.1) is 0 Å². The molecule has 0 radical (unpaired) electrons. The van der Waals surface area contributed by atoms with Gasteiger partial charge in [-0.05, 0) is 30.5 Å². The molecule has 0 saturated carbocycles. The first kappa shape index (κ1) is 14.3. The van der Waals surface area contributed by atoms with E-state index in [-0.39, 0.29) is 6.10 Å². The van der Waals surface area contributed by atoms with Crippen molar-refractivity contribution >= 4 is 9.84 Å². The quantitative estimate of drug-likeness (QED) is 0.915. The highest BCUT2D eigenvalue weighted by Crippen LogP contribution is 2.29. The van der Waals surface area contributed by atoms with E-state index in [0.29, 0.717) is 16.7 Å². The van der Waals surface area contributed by atoms with E-state index in [4.69, 9.17) is 4.74 Å². The summed E-state index contributed by atoms with van der Waals surface area (Å²) in [5, 5.41) is 3.35. The lowest BCUT2D eigenvalue weighted by atomic mass is 10.0. The Morgan fingerprint density at radius 2 is 2.16 bits per heavy atom. The molecular weight excluding hydrogens is 262 g/mol. The Kier molecular flexibility index (Phi) is 4.16. The van der Waals surface area contributed by atoms with Crippen molar-refractivity contribution in [3.05, 3.63) is 23.8 Å². The minimum Gasteiger partial charge on any atom is -0.489 e. The molecule has 1 heterocycles. The predicted molar refractivity (Wildman–Crippen MR) is 75.4 cm³/mol. The van der Waals surface area contributed by atoms with E-state index in [1.54, 1.807) is 12.1 Å². The Morgan fingerprint density at radius 3 is 2.79 bits per heavy atom. The van der Waals surface area contributed by atoms with Gasteiger partial charge in [0.1, 0.15) is 11.9 Å². The zero-order valence-corrected chi connectivity index (χ0v) is 12.5. The second-order valence-corrected chi connectivity index (χ2v) is 7.40. The monoisotopic (exact) mass is 283 g/mol. The summed E-state index contributed by atoms with van der Waals surface area (Å²) >= 11 is 0. The molecule has 1 aliphatic rings. The molecule has 0 amide bonds. The van der Waals surface area contributed by atoms with Gasteiger partial charge < -0.3 is 10.1 Å². The third-order valence-electron chi connectivity index (χ3n) is 3.25. The lowest BCUT2D eigenvalue weighted by molar-refractivity contribution is 0.167. The molecule has 1 aliphatic heterocycles. The molecule has 1 aromatic rings. The van der Waals surface area contributed by atoms with Crippen LogP contribution >= 0.6 is 0 Å². The molecule has 1 atom stereocenters. The van der Waals surface area contributed by atoms with Gasteiger partial charge in [-0.2, -0.15) is 0 Å². The summed E-state index contributed by atoms with van der Waals surface area (Å²) in [6, 6.07) is 5.58. The van der Waals surface area contributed by atoms with Gasteiger partial charge in [0.05, 0.1) is 4.90 Å². The van der Waals surface area contributed by atoms with Crippen molar-refractivity contribution in [1.29, 1.82) is 0 Å². The molecule has 0 saturated heterocycles. The highest BCUT2D eigenvalue weighted by molar-refractivity contribution is 7.90. The van der Waals surface area contributed by atoms with Gasteiger partial charge in [0.15, 0.2) is 9.84 Å². The summed E-state index contributed by atoms with van der Waals surface area (Å²) in [6.45, 7) is 4.98. The Hall–Kier alpha value is -1.07. The van der Waals surface area contributed by atoms with Crippen molar-refractivity contribution in [2.45, 2.75) is 43.7 Å². The molecule has 0 bridgehead atoms. The van der Waals surface area contributed by atoms with Crippen LogP contribution in [0.1, 0.15) is 25.8 Å². The van der Waals surface area contributed by atoms with Crippen molar-refractivity contribution < 1.29 is 13.2 Å². The number of sulfone groups is 1. The van der Waals surface area contributed by atoms with Crippen LogP contribution in [0.15, 0.2) is 23.1 Å². The molecule has 0 spiro atoms. The second kappa shape index (κ2) is 5.51. The highest BCUT2D eigenvalue weighted by atomic mass is 32.2. The maximum absolute atomic E-state index is 11.5. The Labute approximate surface area is 115 Å². The fourth-order valence-corrected chi connectivity index (χ4v) is 2.78. The number of hydrogen-bond donors (Lipinski definition) is 1. The van der Waals surface area contributed by atoms with E-state index in [1.807, 2.05) is 6.07 Å². The summed E-state index contributed by atoms with van der Waals surface area (Å²) in [4.78, 5) is 0.323. The van der Waals surface area contributed by atoms with Crippen molar-refractivity contribution in [2.24, 2.45) is 0 Å². The minimum absolute atomic E-state index is 0.115. The van der Waals surface area contributed by atoms with Gasteiger partial charge in [0, 0.05) is 18.8 Å². The molecule has 2 rings (SSSR count). The summed E-state index contributed by atoms with van der Waals surface area (Å²) < 4.78 is 29.0. The van der Waals surface area contributed by atoms with Gasteiger partial charge >= 0.3 is 0 Å². The fraction of sp³-hybridized carbons (Fsp3) is 0.571. The van der Waals surface area contributed by atoms with Crippen LogP contribution in [-0.4, -0.2) is 33.4 Å². The Balaban J connectivity index is 2.14. The van der Waals surface area contributed by atoms with Gasteiger partial charge in [0.25, 0.3) is 0 Å². The molecule has 1 unspecified atom stereocenters. The molecule has 0 aromatic heterocycles. The molecule has 0 aliphatic carbocycles. The van der Waals surface area contributed by atoms with E-state index < -0.39 is 9.84 Å². The first-order valence-electron chi connectivity index (χ1n) is 6.59. The largest absolute Gasteiger partial charge is 0.489 e. The van der Waals surface area contributed by atoms with Crippen molar-refractivity contribution in [3.63, 3.8) is 0 Å². The van der Waals surface area contributed by atoms with E-state index >= 15 is 0 Å². The average Bonchev–Trinajstić information content (AvgIpc) is 2.34. The van der Waals surface area contributed by atoms with Crippen LogP contribution < -0.4 is 10.1 Å². The number of hydrogen-bond acceptors (Lipinski definition) is 4. The summed E-state index contributed by atoms with van der Waals surface area (Å²) in [6.07, 6.45) is 3.23. The maximum Gasteiger partial charge on any atom is 0.175 e. The lowest BCUT2D eigenvalue weighted by Gasteiger charge is -2.27. The number of nitrogens with one attached hydrogen (secondary N) is 1. The van der Waals surface area contributed by atoms with Crippen molar-refractivity contribution in [2.75, 3.05) is 12.8 Å². The zero-order chi connectivity index (χ0) is 14.0. The molecule has 5 heteroatoms. The molecule has 0 fully saturated rings. The topological polar surface area (TPSA) is 55.4 Å². The zero-order valence-electron chi connectivity index (χ0n) is 11.6. The summed E-state index contributed by atoms with van der Waals surface area (Å²) in [5.41, 5.74) is 1.09. The van der Waals surface area contributed by atoms with Gasteiger partial charge in [-0.25, -0.2) is 8.42 Å². The molecule has 106 valence electrons. The third kappa shape index (κ3) is 3.70. The van der Waals surface area contributed by atoms with E-state index in [9.17, 15) is 8.42 Å². The van der Waals surface area contributed by atoms with Crippen LogP contribution in [0.25, 0.3) is 0 Å². The fourth-order valence-electron chi connectivity index (χ4n) is 2.15. The first-order valence-corrected chi connectivity index (χ1v) is 8.48. The SMILES string of the molecule is CC(C)NCC1CCc2ccc(S(C)(=O)=O)cc2O1. The average molecular weight is 283 g/mol. The maximum atomic E-state index is 11.5. The first-order chi connectivity index (χ1) is 8.86. The molecule has 4 nitrogen and oxygen atoms in total. The molecule has 1 N–H and O–H groups in total. The predicted octanol–water partition coefficient (Wildman–Crippen LogP) is 1.78. The molecular formula is C14H21NO3S. The van der Waals surface area contributed by atoms with Crippen molar-refractivity contribution in [1.82, 2.24) is 5.32 Å². The van der Waals surface area contributed by atoms with Crippen LogP contribution in [0.5, 0.6) is 5.75 Å².